The number of benzene rings is 2. The quantitative estimate of drug-likeness (QED) is 0.355. The number of halogens is 1. The van der Waals surface area contributed by atoms with Gasteiger partial charge >= 0.3 is 0 Å². The average molecular weight is 521 g/mol. The molecule has 8 nitrogen and oxygen atoms in total. The number of morpholine rings is 1. The third-order valence-corrected chi connectivity index (χ3v) is 7.96. The van der Waals surface area contributed by atoms with Crippen molar-refractivity contribution in [3.63, 3.8) is 0 Å². The Kier molecular flexibility index (Phi) is 6.22. The standard InChI is InChI=1S/C26H25ClN6O2S/c1-28-26-30-20-14-19(6-7-22(20)32(26)9-8-31-10-12-35-13-11-31)33-16-29-21-15-23(36-24(21)25(33)34)17-2-4-18(27)5-3-17/h2-7,14-16H,8-13H2,1H3,(H,28,30). The van der Waals surface area contributed by atoms with Gasteiger partial charge in [0.2, 0.25) is 5.95 Å². The first kappa shape index (κ1) is 23.2. The number of anilines is 1. The van der Waals surface area contributed by atoms with E-state index in [2.05, 4.69) is 19.8 Å². The highest BCUT2D eigenvalue weighted by atomic mass is 35.5. The number of rotatable bonds is 6. The van der Waals surface area contributed by atoms with Gasteiger partial charge in [-0.3, -0.25) is 14.3 Å². The molecule has 0 aliphatic carbocycles. The van der Waals surface area contributed by atoms with Crippen LogP contribution in [0.2, 0.25) is 5.02 Å². The van der Waals surface area contributed by atoms with Crippen LogP contribution in [0.25, 0.3) is 37.4 Å². The summed E-state index contributed by atoms with van der Waals surface area (Å²) < 4.78 is 9.87. The summed E-state index contributed by atoms with van der Waals surface area (Å²) >= 11 is 7.47. The first-order chi connectivity index (χ1) is 17.6. The lowest BCUT2D eigenvalue weighted by Gasteiger charge is -2.26. The summed E-state index contributed by atoms with van der Waals surface area (Å²) in [7, 11) is 1.88. The molecular formula is C26H25ClN6O2S. The summed E-state index contributed by atoms with van der Waals surface area (Å²) in [5, 5.41) is 3.89. The number of thiophene rings is 1. The predicted molar refractivity (Wildman–Crippen MR) is 146 cm³/mol. The fourth-order valence-corrected chi connectivity index (χ4v) is 5.78. The number of hydrogen-bond acceptors (Lipinski definition) is 7. The predicted octanol–water partition coefficient (Wildman–Crippen LogP) is 4.49. The minimum Gasteiger partial charge on any atom is -0.379 e. The molecule has 0 bridgehead atoms. The van der Waals surface area contributed by atoms with Crippen LogP contribution >= 0.6 is 22.9 Å². The van der Waals surface area contributed by atoms with E-state index in [1.807, 2.05) is 55.6 Å². The van der Waals surface area contributed by atoms with Gasteiger partial charge < -0.3 is 14.6 Å². The van der Waals surface area contributed by atoms with E-state index < -0.39 is 0 Å². The third-order valence-electron chi connectivity index (χ3n) is 6.54. The summed E-state index contributed by atoms with van der Waals surface area (Å²) in [5.41, 5.74) is 4.21. The van der Waals surface area contributed by atoms with Gasteiger partial charge in [0, 0.05) is 43.1 Å². The maximum atomic E-state index is 13.4. The van der Waals surface area contributed by atoms with E-state index in [-0.39, 0.29) is 5.56 Å². The second-order valence-electron chi connectivity index (χ2n) is 8.72. The number of aromatic nitrogens is 4. The largest absolute Gasteiger partial charge is 0.379 e. The zero-order chi connectivity index (χ0) is 24.6. The van der Waals surface area contributed by atoms with Crippen LogP contribution in [0.1, 0.15) is 0 Å². The second-order valence-corrected chi connectivity index (χ2v) is 10.2. The molecule has 0 spiro atoms. The van der Waals surface area contributed by atoms with Crippen LogP contribution in [0.5, 0.6) is 0 Å². The number of imidazole rings is 1. The van der Waals surface area contributed by atoms with Crippen LogP contribution in [0, 0.1) is 0 Å². The Bertz CT molecular complexity index is 1600. The van der Waals surface area contributed by atoms with Gasteiger partial charge in [-0.2, -0.15) is 0 Å². The molecule has 0 radical (unpaired) electrons. The summed E-state index contributed by atoms with van der Waals surface area (Å²) in [4.78, 5) is 26.2. The Morgan fingerprint density at radius 1 is 1.06 bits per heavy atom. The maximum absolute atomic E-state index is 13.4. The molecular weight excluding hydrogens is 496 g/mol. The van der Waals surface area contributed by atoms with E-state index in [4.69, 9.17) is 21.3 Å². The van der Waals surface area contributed by atoms with Crippen molar-refractivity contribution < 1.29 is 4.74 Å². The molecule has 1 aliphatic rings. The Hall–Kier alpha value is -3.24. The molecule has 4 heterocycles. The number of fused-ring (bicyclic) bond motifs is 2. The van der Waals surface area contributed by atoms with Crippen LogP contribution in [0.4, 0.5) is 5.95 Å². The lowest BCUT2D eigenvalue weighted by atomic mass is 10.2. The van der Waals surface area contributed by atoms with Crippen molar-refractivity contribution in [2.45, 2.75) is 6.54 Å². The molecule has 1 saturated heterocycles. The molecule has 1 N–H and O–H groups in total. The molecule has 1 fully saturated rings. The van der Waals surface area contributed by atoms with Gasteiger partial charge in [0.15, 0.2) is 0 Å². The molecule has 0 atom stereocenters. The molecule has 2 aromatic carbocycles. The molecule has 5 aromatic rings. The fourth-order valence-electron chi connectivity index (χ4n) is 4.60. The Morgan fingerprint density at radius 2 is 1.86 bits per heavy atom. The van der Waals surface area contributed by atoms with Gasteiger partial charge in [0.1, 0.15) is 11.0 Å². The van der Waals surface area contributed by atoms with Crippen LogP contribution in [-0.4, -0.2) is 63.9 Å². The van der Waals surface area contributed by atoms with Crippen molar-refractivity contribution in [1.82, 2.24) is 24.0 Å². The Labute approximate surface area is 216 Å². The molecule has 0 saturated carbocycles. The smallest absolute Gasteiger partial charge is 0.275 e. The summed E-state index contributed by atoms with van der Waals surface area (Å²) in [5.74, 6) is 0.808. The van der Waals surface area contributed by atoms with Crippen LogP contribution in [0.3, 0.4) is 0 Å². The highest BCUT2D eigenvalue weighted by Gasteiger charge is 2.16. The third kappa shape index (κ3) is 4.28. The number of ether oxygens (including phenoxy) is 1. The first-order valence-corrected chi connectivity index (χ1v) is 13.1. The maximum Gasteiger partial charge on any atom is 0.275 e. The average Bonchev–Trinajstić information content (AvgIpc) is 3.50. The highest BCUT2D eigenvalue weighted by Crippen LogP contribution is 2.32. The second kappa shape index (κ2) is 9.67. The topological polar surface area (TPSA) is 77.2 Å². The van der Waals surface area contributed by atoms with E-state index in [1.165, 1.54) is 11.3 Å². The molecule has 0 unspecified atom stereocenters. The zero-order valence-electron chi connectivity index (χ0n) is 19.8. The summed E-state index contributed by atoms with van der Waals surface area (Å²) in [6.07, 6.45) is 1.60. The van der Waals surface area contributed by atoms with E-state index in [1.54, 1.807) is 10.9 Å². The van der Waals surface area contributed by atoms with Crippen molar-refractivity contribution in [3.05, 3.63) is 70.2 Å². The van der Waals surface area contributed by atoms with E-state index in [9.17, 15) is 4.79 Å². The minimum absolute atomic E-state index is 0.0925. The minimum atomic E-state index is -0.0925. The molecule has 10 heteroatoms. The van der Waals surface area contributed by atoms with Crippen LogP contribution in [0.15, 0.2) is 59.7 Å². The van der Waals surface area contributed by atoms with Crippen LogP contribution < -0.4 is 10.9 Å². The van der Waals surface area contributed by atoms with Crippen molar-refractivity contribution in [1.29, 1.82) is 0 Å². The zero-order valence-corrected chi connectivity index (χ0v) is 21.3. The Balaban J connectivity index is 1.34. The van der Waals surface area contributed by atoms with Gasteiger partial charge in [-0.25, -0.2) is 9.97 Å². The van der Waals surface area contributed by atoms with Gasteiger partial charge in [0.05, 0.1) is 35.5 Å². The highest BCUT2D eigenvalue weighted by molar-refractivity contribution is 7.22. The van der Waals surface area contributed by atoms with Gasteiger partial charge in [-0.15, -0.1) is 11.3 Å². The number of hydrogen-bond donors (Lipinski definition) is 1. The van der Waals surface area contributed by atoms with Crippen molar-refractivity contribution in [2.24, 2.45) is 0 Å². The van der Waals surface area contributed by atoms with Crippen molar-refractivity contribution in [2.75, 3.05) is 45.2 Å². The van der Waals surface area contributed by atoms with Gasteiger partial charge in [-0.05, 0) is 42.0 Å². The monoisotopic (exact) mass is 520 g/mol. The molecule has 1 aliphatic heterocycles. The summed E-state index contributed by atoms with van der Waals surface area (Å²) in [6, 6.07) is 15.5. The fraction of sp³-hybridized carbons (Fsp3) is 0.269. The number of nitrogens with zero attached hydrogens (tertiary/aromatic N) is 5. The van der Waals surface area contributed by atoms with Gasteiger partial charge in [-0.1, -0.05) is 23.7 Å². The van der Waals surface area contributed by atoms with Crippen LogP contribution in [-0.2, 0) is 11.3 Å². The molecule has 0 amide bonds. The molecule has 184 valence electrons. The number of nitrogens with one attached hydrogen (secondary N) is 1. The molecule has 3 aromatic heterocycles. The molecule has 6 rings (SSSR count). The Morgan fingerprint density at radius 3 is 2.64 bits per heavy atom. The van der Waals surface area contributed by atoms with Gasteiger partial charge in [0.25, 0.3) is 5.56 Å². The lowest BCUT2D eigenvalue weighted by Crippen LogP contribution is -2.38. The first-order valence-electron chi connectivity index (χ1n) is 11.9. The molecule has 36 heavy (non-hydrogen) atoms. The normalized spacial score (nSPS) is 14.6. The van der Waals surface area contributed by atoms with E-state index in [0.717, 1.165) is 72.5 Å². The summed E-state index contributed by atoms with van der Waals surface area (Å²) in [6.45, 7) is 5.22. The van der Waals surface area contributed by atoms with Crippen molar-refractivity contribution >= 4 is 50.1 Å². The SMILES string of the molecule is CNc1nc2cc(-n3cnc4cc(-c5ccc(Cl)cc5)sc4c3=O)ccc2n1CCN1CCOCC1. The lowest BCUT2D eigenvalue weighted by molar-refractivity contribution is 0.0366. The van der Waals surface area contributed by atoms with E-state index >= 15 is 0 Å². The van der Waals surface area contributed by atoms with Crippen molar-refractivity contribution in [3.8, 4) is 16.1 Å². The van der Waals surface area contributed by atoms with E-state index in [0.29, 0.717) is 15.2 Å².